The summed E-state index contributed by atoms with van der Waals surface area (Å²) in [7, 11) is 0. The lowest BCUT2D eigenvalue weighted by molar-refractivity contribution is -0.132. The first kappa shape index (κ1) is 18.9. The number of nitrogens with one attached hydrogen (secondary N) is 2. The van der Waals surface area contributed by atoms with Crippen LogP contribution in [0.4, 0.5) is 10.1 Å². The second-order valence-corrected chi connectivity index (χ2v) is 7.24. The van der Waals surface area contributed by atoms with Crippen LogP contribution in [-0.2, 0) is 11.5 Å². The van der Waals surface area contributed by atoms with Crippen LogP contribution < -0.4 is 5.32 Å². The van der Waals surface area contributed by atoms with Crippen LogP contribution in [0, 0.1) is 17.2 Å². The van der Waals surface area contributed by atoms with Gasteiger partial charge in [-0.2, -0.15) is 5.26 Å². The van der Waals surface area contributed by atoms with Crippen molar-refractivity contribution in [3.63, 3.8) is 0 Å². The Bertz CT molecular complexity index is 1070. The number of nitriles is 1. The Labute approximate surface area is 165 Å². The Kier molecular flexibility index (Phi) is 5.12. The Hall–Kier alpha value is -3.48. The minimum Gasteiger partial charge on any atom is -0.418 e. The number of anilines is 1. The van der Waals surface area contributed by atoms with Crippen molar-refractivity contribution in [3.05, 3.63) is 24.4 Å². The van der Waals surface area contributed by atoms with Gasteiger partial charge in [0, 0.05) is 36.9 Å². The number of likely N-dealkylation sites (tertiary alicyclic amines) is 1. The molecule has 0 aliphatic carbocycles. The summed E-state index contributed by atoms with van der Waals surface area (Å²) in [6.45, 7) is 2.35. The number of piperidine rings is 1. The fraction of sp³-hybridized carbons (Fsp3) is 0.421. The number of nitrogens with zero attached hydrogens (tertiary/aromatic N) is 5. The van der Waals surface area contributed by atoms with E-state index in [1.165, 1.54) is 0 Å². The van der Waals surface area contributed by atoms with Gasteiger partial charge in [-0.15, -0.1) is 10.2 Å². The highest BCUT2D eigenvalue weighted by Crippen LogP contribution is 2.34. The van der Waals surface area contributed by atoms with Crippen molar-refractivity contribution < 1.29 is 13.6 Å². The minimum absolute atomic E-state index is 0.0378. The highest BCUT2D eigenvalue weighted by Gasteiger charge is 2.29. The van der Waals surface area contributed by atoms with Gasteiger partial charge < -0.3 is 19.6 Å². The molecule has 0 unspecified atom stereocenters. The Morgan fingerprint density at radius 2 is 2.34 bits per heavy atom. The van der Waals surface area contributed by atoms with Crippen molar-refractivity contribution in [2.75, 3.05) is 18.4 Å². The molecule has 1 saturated heterocycles. The molecule has 0 spiro atoms. The van der Waals surface area contributed by atoms with Gasteiger partial charge in [0.15, 0.2) is 6.67 Å². The summed E-state index contributed by atoms with van der Waals surface area (Å²) < 4.78 is 18.3. The highest BCUT2D eigenvalue weighted by molar-refractivity contribution is 5.97. The van der Waals surface area contributed by atoms with E-state index in [2.05, 4.69) is 32.4 Å². The molecule has 150 valence electrons. The van der Waals surface area contributed by atoms with Crippen LogP contribution in [0.3, 0.4) is 0 Å². The molecular weight excluding hydrogens is 377 g/mol. The summed E-state index contributed by atoms with van der Waals surface area (Å²) in [5, 5.41) is 20.8. The lowest BCUT2D eigenvalue weighted by Gasteiger charge is -2.37. The van der Waals surface area contributed by atoms with E-state index in [1.807, 2.05) is 12.1 Å². The van der Waals surface area contributed by atoms with Gasteiger partial charge in [0.25, 0.3) is 5.89 Å². The fourth-order valence-electron chi connectivity index (χ4n) is 3.79. The van der Waals surface area contributed by atoms with Crippen molar-refractivity contribution in [1.29, 1.82) is 5.26 Å². The summed E-state index contributed by atoms with van der Waals surface area (Å²) in [5.74, 6) is 0.186. The molecule has 3 aromatic heterocycles. The first-order valence-electron chi connectivity index (χ1n) is 9.35. The number of aromatic amines is 1. The number of halogens is 1. The van der Waals surface area contributed by atoms with E-state index in [0.29, 0.717) is 24.3 Å². The number of H-pyrrole nitrogens is 1. The number of hydrogen-bond donors (Lipinski definition) is 2. The van der Waals surface area contributed by atoms with Gasteiger partial charge in [-0.3, -0.25) is 4.79 Å². The second-order valence-electron chi connectivity index (χ2n) is 7.24. The van der Waals surface area contributed by atoms with Gasteiger partial charge in [0.05, 0.1) is 17.3 Å². The zero-order valence-corrected chi connectivity index (χ0v) is 15.9. The molecule has 4 rings (SSSR count). The topological polar surface area (TPSA) is 124 Å². The van der Waals surface area contributed by atoms with Crippen LogP contribution in [-0.4, -0.2) is 50.1 Å². The molecule has 1 aliphatic rings. The molecular formula is C19H20FN7O2. The van der Waals surface area contributed by atoms with Gasteiger partial charge in [-0.25, -0.2) is 9.37 Å². The van der Waals surface area contributed by atoms with E-state index >= 15 is 0 Å². The molecule has 2 atom stereocenters. The summed E-state index contributed by atoms with van der Waals surface area (Å²) in [5.41, 5.74) is 1.98. The van der Waals surface area contributed by atoms with Gasteiger partial charge in [-0.1, -0.05) is 6.92 Å². The van der Waals surface area contributed by atoms with E-state index < -0.39 is 6.67 Å². The Morgan fingerprint density at radius 3 is 3.10 bits per heavy atom. The van der Waals surface area contributed by atoms with Crippen LogP contribution in [0.15, 0.2) is 22.9 Å². The van der Waals surface area contributed by atoms with Crippen LogP contribution in [0.1, 0.15) is 25.7 Å². The highest BCUT2D eigenvalue weighted by atomic mass is 19.1. The molecule has 3 aromatic rings. The van der Waals surface area contributed by atoms with Crippen molar-refractivity contribution in [1.82, 2.24) is 25.1 Å². The van der Waals surface area contributed by atoms with E-state index in [9.17, 15) is 9.18 Å². The molecule has 2 N–H and O–H groups in total. The maximum atomic E-state index is 12.9. The van der Waals surface area contributed by atoms with E-state index in [-0.39, 0.29) is 36.1 Å². The van der Waals surface area contributed by atoms with Crippen molar-refractivity contribution >= 4 is 22.6 Å². The molecule has 0 aromatic carbocycles. The van der Waals surface area contributed by atoms with Crippen LogP contribution >= 0.6 is 0 Å². The summed E-state index contributed by atoms with van der Waals surface area (Å²) >= 11 is 0. The lowest BCUT2D eigenvalue weighted by atomic mass is 9.95. The van der Waals surface area contributed by atoms with Gasteiger partial charge in [0.1, 0.15) is 12.1 Å². The standard InChI is InChI=1S/C19H20FN7O2/c1-11-6-12(10-27(9-11)16(28)2-4-21)24-17-13-3-5-22-18(13)23-8-14(17)19-26-25-15(7-20)29-19/h3,5,8,11-12H,2,6-7,9-10H2,1H3,(H2,22,23,24)/t11-,12+/m0/s1. The molecule has 0 bridgehead atoms. The normalized spacial score (nSPS) is 19.3. The molecule has 9 nitrogen and oxygen atoms in total. The molecule has 1 aliphatic heterocycles. The van der Waals surface area contributed by atoms with Crippen molar-refractivity contribution in [3.8, 4) is 17.5 Å². The number of hydrogen-bond acceptors (Lipinski definition) is 7. The zero-order chi connectivity index (χ0) is 20.4. The molecule has 10 heteroatoms. The van der Waals surface area contributed by atoms with E-state index in [4.69, 9.17) is 9.68 Å². The smallest absolute Gasteiger partial charge is 0.251 e. The third kappa shape index (κ3) is 3.76. The number of pyridine rings is 1. The number of aromatic nitrogens is 4. The van der Waals surface area contributed by atoms with E-state index in [0.717, 1.165) is 17.5 Å². The second kappa shape index (κ2) is 7.87. The predicted molar refractivity (Wildman–Crippen MR) is 102 cm³/mol. The lowest BCUT2D eigenvalue weighted by Crippen LogP contribution is -2.48. The molecule has 0 radical (unpaired) electrons. The molecule has 1 amide bonds. The fourth-order valence-corrected chi connectivity index (χ4v) is 3.79. The molecule has 0 saturated carbocycles. The molecule has 29 heavy (non-hydrogen) atoms. The largest absolute Gasteiger partial charge is 0.418 e. The number of carbonyl (C=O) groups excluding carboxylic acids is 1. The third-order valence-electron chi connectivity index (χ3n) is 4.99. The summed E-state index contributed by atoms with van der Waals surface area (Å²) in [4.78, 5) is 21.4. The Morgan fingerprint density at radius 1 is 1.48 bits per heavy atom. The first-order valence-corrected chi connectivity index (χ1v) is 9.35. The summed E-state index contributed by atoms with van der Waals surface area (Å²) in [6, 6.07) is 3.76. The SMILES string of the molecule is C[C@H]1C[C@@H](Nc2c(-c3nnc(CF)o3)cnc3[nH]ccc23)CN(C(=O)CC#N)C1. The quantitative estimate of drug-likeness (QED) is 0.678. The summed E-state index contributed by atoms with van der Waals surface area (Å²) in [6.07, 6.45) is 4.10. The monoisotopic (exact) mass is 397 g/mol. The van der Waals surface area contributed by atoms with E-state index in [1.54, 1.807) is 17.3 Å². The average Bonchev–Trinajstić information content (AvgIpc) is 3.37. The van der Waals surface area contributed by atoms with Crippen molar-refractivity contribution in [2.45, 2.75) is 32.5 Å². The maximum absolute atomic E-state index is 12.9. The molecule has 4 heterocycles. The van der Waals surface area contributed by atoms with Gasteiger partial charge >= 0.3 is 0 Å². The zero-order valence-electron chi connectivity index (χ0n) is 15.9. The minimum atomic E-state index is -0.842. The Balaban J connectivity index is 1.67. The molecule has 1 fully saturated rings. The number of amides is 1. The first-order chi connectivity index (χ1) is 14.1. The van der Waals surface area contributed by atoms with Crippen LogP contribution in [0.25, 0.3) is 22.5 Å². The number of carbonyl (C=O) groups is 1. The maximum Gasteiger partial charge on any atom is 0.251 e. The number of alkyl halides is 1. The predicted octanol–water partition coefficient (Wildman–Crippen LogP) is 2.64. The number of rotatable bonds is 5. The van der Waals surface area contributed by atoms with Crippen LogP contribution in [0.2, 0.25) is 0 Å². The average molecular weight is 397 g/mol. The van der Waals surface area contributed by atoms with Gasteiger partial charge in [-0.05, 0) is 18.4 Å². The number of fused-ring (bicyclic) bond motifs is 1. The third-order valence-corrected chi connectivity index (χ3v) is 4.99. The van der Waals surface area contributed by atoms with Gasteiger partial charge in [0.2, 0.25) is 11.8 Å². The van der Waals surface area contributed by atoms with Crippen LogP contribution in [0.5, 0.6) is 0 Å². The van der Waals surface area contributed by atoms with Crippen molar-refractivity contribution in [2.24, 2.45) is 5.92 Å².